The van der Waals surface area contributed by atoms with Crippen LogP contribution in [0.3, 0.4) is 0 Å². The van der Waals surface area contributed by atoms with Crippen LogP contribution in [-0.2, 0) is 16.6 Å². The zero-order chi connectivity index (χ0) is 14.0. The van der Waals surface area contributed by atoms with E-state index in [0.29, 0.717) is 5.82 Å². The van der Waals surface area contributed by atoms with Gasteiger partial charge in [0, 0.05) is 7.12 Å². The minimum Gasteiger partial charge on any atom is -0.310 e. The average molecular weight is 268 g/mol. The van der Waals surface area contributed by atoms with Crippen LogP contribution in [0.2, 0.25) is 0 Å². The van der Waals surface area contributed by atoms with Crippen molar-refractivity contribution >= 4 is 11.7 Å². The highest BCUT2D eigenvalue weighted by molar-refractivity contribution is 6.00. The third-order valence-electron chi connectivity index (χ3n) is 3.92. The molecule has 104 valence electrons. The molecule has 2 aromatic rings. The highest BCUT2D eigenvalue weighted by atomic mass is 16.2. The molecule has 3 rings (SSSR count). The smallest absolute Gasteiger partial charge is 0.236 e. The van der Waals surface area contributed by atoms with Crippen LogP contribution in [0.5, 0.6) is 0 Å². The van der Waals surface area contributed by atoms with Crippen molar-refractivity contribution in [2.24, 2.45) is 0 Å². The van der Waals surface area contributed by atoms with Crippen molar-refractivity contribution < 1.29 is 6.22 Å². The van der Waals surface area contributed by atoms with Crippen molar-refractivity contribution in [1.82, 2.24) is 4.98 Å². The number of nitrogens with one attached hydrogen (secondary N) is 1. The molecule has 0 radical (unpaired) electrons. The number of carbonyl (C=O) groups excluding carboxylic acids is 1. The van der Waals surface area contributed by atoms with Gasteiger partial charge >= 0.3 is 0 Å². The van der Waals surface area contributed by atoms with Gasteiger partial charge in [-0.05, 0) is 37.0 Å². The summed E-state index contributed by atoms with van der Waals surface area (Å²) in [7, 11) is 0. The second kappa shape index (κ2) is 5.08. The second-order valence-electron chi connectivity index (χ2n) is 5.27. The molecule has 20 heavy (non-hydrogen) atoms. The highest BCUT2D eigenvalue weighted by Crippen LogP contribution is 2.48. The molecule has 3 nitrogen and oxygen atoms in total. The fourth-order valence-electron chi connectivity index (χ4n) is 2.51. The van der Waals surface area contributed by atoms with E-state index in [9.17, 15) is 4.79 Å². The summed E-state index contributed by atoms with van der Waals surface area (Å²) >= 11 is 0. The monoisotopic (exact) mass is 268 g/mol. The number of rotatable bonds is 4. The van der Waals surface area contributed by atoms with Crippen molar-refractivity contribution in [1.29, 1.82) is 0 Å². The number of carbonyl (C=O) groups is 1. The Bertz CT molecular complexity index is 624. The van der Waals surface area contributed by atoms with E-state index in [1.165, 1.54) is 0 Å². The van der Waals surface area contributed by atoms with Crippen LogP contribution < -0.4 is 5.32 Å². The number of hydrogen-bond acceptors (Lipinski definition) is 2. The SMILES string of the molecule is CCc1cccc(NC(=O)C2(c3ccccc3)CC2)n1.[HH]. The van der Waals surface area contributed by atoms with Crippen LogP contribution in [0.15, 0.2) is 48.5 Å². The van der Waals surface area contributed by atoms with Gasteiger partial charge in [-0.25, -0.2) is 4.98 Å². The number of aryl methyl sites for hydroxylation is 1. The van der Waals surface area contributed by atoms with E-state index < -0.39 is 0 Å². The highest BCUT2D eigenvalue weighted by Gasteiger charge is 2.51. The quantitative estimate of drug-likeness (QED) is 0.921. The molecule has 1 fully saturated rings. The number of nitrogens with zero attached hydrogens (tertiary/aromatic N) is 1. The zero-order valence-corrected chi connectivity index (χ0v) is 11.6. The molecule has 0 unspecified atom stereocenters. The number of hydrogen-bond donors (Lipinski definition) is 1. The number of amides is 1. The predicted octanol–water partition coefficient (Wildman–Crippen LogP) is 3.56. The summed E-state index contributed by atoms with van der Waals surface area (Å²) in [6, 6.07) is 15.8. The van der Waals surface area contributed by atoms with Crippen LogP contribution in [0.1, 0.15) is 32.4 Å². The lowest BCUT2D eigenvalue weighted by Crippen LogP contribution is -2.28. The largest absolute Gasteiger partial charge is 0.310 e. The fourth-order valence-corrected chi connectivity index (χ4v) is 2.51. The molecule has 0 saturated heterocycles. The molecular weight excluding hydrogens is 248 g/mol. The molecule has 0 spiro atoms. The molecule has 1 aromatic heterocycles. The van der Waals surface area contributed by atoms with Crippen molar-refractivity contribution in [2.45, 2.75) is 31.6 Å². The Kier molecular flexibility index (Phi) is 3.26. The number of pyridine rings is 1. The molecule has 1 aliphatic carbocycles. The number of anilines is 1. The maximum atomic E-state index is 12.5. The molecule has 0 bridgehead atoms. The topological polar surface area (TPSA) is 42.0 Å². The van der Waals surface area contributed by atoms with Crippen LogP contribution in [-0.4, -0.2) is 10.9 Å². The molecule has 0 atom stereocenters. The van der Waals surface area contributed by atoms with Gasteiger partial charge in [-0.15, -0.1) is 0 Å². The zero-order valence-electron chi connectivity index (χ0n) is 11.6. The van der Waals surface area contributed by atoms with E-state index in [1.54, 1.807) is 0 Å². The van der Waals surface area contributed by atoms with Crippen molar-refractivity contribution in [2.75, 3.05) is 5.32 Å². The lowest BCUT2D eigenvalue weighted by molar-refractivity contribution is -0.118. The van der Waals surface area contributed by atoms with Crippen LogP contribution in [0.4, 0.5) is 5.82 Å². The lowest BCUT2D eigenvalue weighted by Gasteiger charge is -2.15. The van der Waals surface area contributed by atoms with Crippen molar-refractivity contribution in [3.05, 3.63) is 59.8 Å². The van der Waals surface area contributed by atoms with E-state index in [0.717, 1.165) is 30.5 Å². The van der Waals surface area contributed by atoms with E-state index in [1.807, 2.05) is 48.5 Å². The molecule has 1 saturated carbocycles. The number of benzene rings is 1. The second-order valence-corrected chi connectivity index (χ2v) is 5.27. The van der Waals surface area contributed by atoms with E-state index >= 15 is 0 Å². The molecule has 1 heterocycles. The first-order valence-electron chi connectivity index (χ1n) is 7.07. The summed E-state index contributed by atoms with van der Waals surface area (Å²) in [5.41, 5.74) is 1.75. The third kappa shape index (κ3) is 2.31. The van der Waals surface area contributed by atoms with Gasteiger partial charge in [-0.1, -0.05) is 43.3 Å². The Hall–Kier alpha value is -2.16. The first kappa shape index (κ1) is 12.9. The minimum atomic E-state index is -0.342. The van der Waals surface area contributed by atoms with Crippen LogP contribution >= 0.6 is 0 Å². The van der Waals surface area contributed by atoms with Gasteiger partial charge in [0.15, 0.2) is 0 Å². The van der Waals surface area contributed by atoms with Gasteiger partial charge in [-0.3, -0.25) is 4.79 Å². The van der Waals surface area contributed by atoms with Crippen LogP contribution in [0.25, 0.3) is 0 Å². The van der Waals surface area contributed by atoms with Gasteiger partial charge < -0.3 is 5.32 Å². The fraction of sp³-hybridized carbons (Fsp3) is 0.294. The van der Waals surface area contributed by atoms with E-state index in [2.05, 4.69) is 17.2 Å². The summed E-state index contributed by atoms with van der Waals surface area (Å²) in [5.74, 6) is 0.709. The van der Waals surface area contributed by atoms with E-state index in [-0.39, 0.29) is 12.7 Å². The Morgan fingerprint density at radius 2 is 1.95 bits per heavy atom. The summed E-state index contributed by atoms with van der Waals surface area (Å²) in [6.07, 6.45) is 2.69. The van der Waals surface area contributed by atoms with Crippen molar-refractivity contribution in [3.63, 3.8) is 0 Å². The van der Waals surface area contributed by atoms with Gasteiger partial charge in [0.25, 0.3) is 0 Å². The third-order valence-corrected chi connectivity index (χ3v) is 3.92. The predicted molar refractivity (Wildman–Crippen MR) is 81.7 cm³/mol. The van der Waals surface area contributed by atoms with Crippen LogP contribution in [0, 0.1) is 0 Å². The maximum absolute atomic E-state index is 12.5. The molecular formula is C17H20N2O. The molecule has 1 aromatic carbocycles. The maximum Gasteiger partial charge on any atom is 0.236 e. The van der Waals surface area contributed by atoms with E-state index in [4.69, 9.17) is 0 Å². The minimum absolute atomic E-state index is 0. The van der Waals surface area contributed by atoms with Gasteiger partial charge in [0.05, 0.1) is 5.41 Å². The summed E-state index contributed by atoms with van der Waals surface area (Å²) in [6.45, 7) is 2.06. The van der Waals surface area contributed by atoms with Gasteiger partial charge in [-0.2, -0.15) is 0 Å². The first-order valence-corrected chi connectivity index (χ1v) is 7.07. The first-order chi connectivity index (χ1) is 9.74. The lowest BCUT2D eigenvalue weighted by atomic mass is 9.95. The number of aromatic nitrogens is 1. The standard InChI is InChI=1S/C17H18N2O.H2/c1-2-14-9-6-10-15(18-14)19-16(20)17(11-12-17)13-7-4-3-5-8-13;/h3-10H,2,11-12H2,1H3,(H,18,19,20);1H. The molecule has 1 amide bonds. The summed E-state index contributed by atoms with van der Waals surface area (Å²) < 4.78 is 0. The Morgan fingerprint density at radius 1 is 1.20 bits per heavy atom. The van der Waals surface area contributed by atoms with Gasteiger partial charge in [0.2, 0.25) is 5.91 Å². The van der Waals surface area contributed by atoms with Gasteiger partial charge in [0.1, 0.15) is 5.82 Å². The molecule has 1 aliphatic rings. The summed E-state index contributed by atoms with van der Waals surface area (Å²) in [4.78, 5) is 17.0. The molecule has 1 N–H and O–H groups in total. The van der Waals surface area contributed by atoms with Crippen molar-refractivity contribution in [3.8, 4) is 0 Å². The summed E-state index contributed by atoms with van der Waals surface area (Å²) in [5, 5.41) is 2.97. The molecule has 0 aliphatic heterocycles. The Morgan fingerprint density at radius 3 is 2.60 bits per heavy atom. The Labute approximate surface area is 120 Å². The average Bonchev–Trinajstić information content (AvgIpc) is 3.30. The Balaban J connectivity index is 0.00000161. The normalized spacial score (nSPS) is 15.7. The molecule has 3 heteroatoms.